The fraction of sp³-hybridized carbons (Fsp3) is 0.571. The van der Waals surface area contributed by atoms with Gasteiger partial charge in [-0.05, 0) is 38.2 Å². The lowest BCUT2D eigenvalue weighted by atomic mass is 9.74. The van der Waals surface area contributed by atoms with Crippen LogP contribution in [0.25, 0.3) is 0 Å². The van der Waals surface area contributed by atoms with Crippen molar-refractivity contribution in [3.05, 3.63) is 48.6 Å². The van der Waals surface area contributed by atoms with Gasteiger partial charge in [0.2, 0.25) is 5.91 Å². The summed E-state index contributed by atoms with van der Waals surface area (Å²) >= 11 is 0. The first-order valence-electron chi connectivity index (χ1n) is 9.11. The Balaban J connectivity index is 1.95. The number of ether oxygens (including phenoxy) is 2. The lowest BCUT2D eigenvalue weighted by Gasteiger charge is -2.47. The normalized spacial score (nSPS) is 34.8. The Bertz CT molecular complexity index is 631. The third kappa shape index (κ3) is 3.13. The van der Waals surface area contributed by atoms with E-state index in [9.17, 15) is 4.79 Å². The van der Waals surface area contributed by atoms with E-state index in [0.717, 1.165) is 31.2 Å². The van der Waals surface area contributed by atoms with Crippen LogP contribution in [0.5, 0.6) is 0 Å². The fourth-order valence-corrected chi connectivity index (χ4v) is 4.26. The van der Waals surface area contributed by atoms with Crippen molar-refractivity contribution in [2.24, 2.45) is 5.41 Å². The summed E-state index contributed by atoms with van der Waals surface area (Å²) in [6.45, 7) is 8.41. The Morgan fingerprint density at radius 2 is 2.04 bits per heavy atom. The molecule has 136 valence electrons. The molecule has 0 aliphatic carbocycles. The van der Waals surface area contributed by atoms with Gasteiger partial charge in [0.05, 0.1) is 12.6 Å². The van der Waals surface area contributed by atoms with Crippen molar-refractivity contribution in [1.82, 2.24) is 4.90 Å². The first kappa shape index (κ1) is 18.2. The number of amides is 1. The Labute approximate surface area is 150 Å². The molecule has 1 amide bonds. The number of rotatable bonds is 6. The molecule has 2 saturated heterocycles. The van der Waals surface area contributed by atoms with Crippen LogP contribution in [0.1, 0.15) is 51.2 Å². The second-order valence-corrected chi connectivity index (χ2v) is 7.71. The lowest BCUT2D eigenvalue weighted by Crippen LogP contribution is -2.59. The van der Waals surface area contributed by atoms with E-state index < -0.39 is 5.72 Å². The topological polar surface area (TPSA) is 38.8 Å². The van der Waals surface area contributed by atoms with Crippen molar-refractivity contribution in [1.29, 1.82) is 0 Å². The van der Waals surface area contributed by atoms with Crippen LogP contribution in [0.3, 0.4) is 0 Å². The highest BCUT2D eigenvalue weighted by molar-refractivity contribution is 5.84. The minimum absolute atomic E-state index is 0.103. The summed E-state index contributed by atoms with van der Waals surface area (Å²) in [4.78, 5) is 15.4. The molecule has 2 fully saturated rings. The Morgan fingerprint density at radius 3 is 2.68 bits per heavy atom. The second kappa shape index (κ2) is 6.93. The Morgan fingerprint density at radius 1 is 1.32 bits per heavy atom. The van der Waals surface area contributed by atoms with Crippen molar-refractivity contribution >= 4 is 5.91 Å². The SMILES string of the molecule is C=CCC[C@]1(C)CC[C@@]2(C)O[C@@H](c3ccccc3)[C@H](COC)N2C1=O. The minimum atomic E-state index is -0.561. The maximum absolute atomic E-state index is 13.5. The van der Waals surface area contributed by atoms with E-state index in [1.165, 1.54) is 0 Å². The molecule has 3 rings (SSSR count). The van der Waals surface area contributed by atoms with Gasteiger partial charge in [-0.3, -0.25) is 4.79 Å². The van der Waals surface area contributed by atoms with Gasteiger partial charge in [0.1, 0.15) is 11.8 Å². The molecule has 2 heterocycles. The summed E-state index contributed by atoms with van der Waals surface area (Å²) in [7, 11) is 1.68. The maximum Gasteiger partial charge on any atom is 0.231 e. The largest absolute Gasteiger partial charge is 0.382 e. The second-order valence-electron chi connectivity index (χ2n) is 7.71. The number of carbonyl (C=O) groups is 1. The molecule has 2 aliphatic rings. The highest BCUT2D eigenvalue weighted by Crippen LogP contribution is 2.51. The standard InChI is InChI=1S/C21H29NO3/c1-5-6-12-20(2)13-14-21(3)22(19(20)23)17(15-24-4)18(25-21)16-10-8-7-9-11-16/h5,7-11,17-18H,1,6,12-15H2,2-4H3/t17-,18-,20+,21+/m0/s1. The lowest BCUT2D eigenvalue weighted by molar-refractivity contribution is -0.176. The molecule has 25 heavy (non-hydrogen) atoms. The zero-order valence-electron chi connectivity index (χ0n) is 15.5. The van der Waals surface area contributed by atoms with Crippen LogP contribution in [0.15, 0.2) is 43.0 Å². The van der Waals surface area contributed by atoms with Gasteiger partial charge in [0.25, 0.3) is 0 Å². The Hall–Kier alpha value is -1.65. The smallest absolute Gasteiger partial charge is 0.231 e. The molecular formula is C21H29NO3. The van der Waals surface area contributed by atoms with E-state index >= 15 is 0 Å². The first-order chi connectivity index (χ1) is 11.9. The third-order valence-corrected chi connectivity index (χ3v) is 5.81. The average molecular weight is 343 g/mol. The highest BCUT2D eigenvalue weighted by atomic mass is 16.6. The van der Waals surface area contributed by atoms with Crippen LogP contribution in [0, 0.1) is 5.41 Å². The molecule has 0 bridgehead atoms. The fourth-order valence-electron chi connectivity index (χ4n) is 4.26. The summed E-state index contributed by atoms with van der Waals surface area (Å²) in [6, 6.07) is 10.0. The monoisotopic (exact) mass is 343 g/mol. The zero-order valence-corrected chi connectivity index (χ0v) is 15.5. The summed E-state index contributed by atoms with van der Waals surface area (Å²) in [5.74, 6) is 0.184. The molecule has 1 aromatic carbocycles. The van der Waals surface area contributed by atoms with Crippen molar-refractivity contribution in [2.45, 2.75) is 57.4 Å². The van der Waals surface area contributed by atoms with E-state index in [2.05, 4.69) is 25.6 Å². The first-order valence-corrected chi connectivity index (χ1v) is 9.11. The molecule has 4 heteroatoms. The number of allylic oxidation sites excluding steroid dienone is 1. The number of hydrogen-bond acceptors (Lipinski definition) is 3. The molecule has 1 aromatic rings. The predicted octanol–water partition coefficient (Wildman–Crippen LogP) is 4.08. The van der Waals surface area contributed by atoms with Crippen molar-refractivity contribution in [3.63, 3.8) is 0 Å². The molecule has 4 nitrogen and oxygen atoms in total. The van der Waals surface area contributed by atoms with E-state index in [-0.39, 0.29) is 23.5 Å². The zero-order chi connectivity index (χ0) is 18.1. The van der Waals surface area contributed by atoms with Gasteiger partial charge in [0.15, 0.2) is 0 Å². The molecule has 0 aromatic heterocycles. The Kier molecular flexibility index (Phi) is 5.03. The van der Waals surface area contributed by atoms with Crippen LogP contribution in [-0.2, 0) is 14.3 Å². The van der Waals surface area contributed by atoms with Gasteiger partial charge in [-0.25, -0.2) is 0 Å². The van der Waals surface area contributed by atoms with Crippen LogP contribution < -0.4 is 0 Å². The van der Waals surface area contributed by atoms with E-state index in [1.54, 1.807) is 7.11 Å². The number of benzene rings is 1. The number of hydrogen-bond donors (Lipinski definition) is 0. The molecule has 2 aliphatic heterocycles. The van der Waals surface area contributed by atoms with Crippen molar-refractivity contribution < 1.29 is 14.3 Å². The van der Waals surface area contributed by atoms with E-state index in [0.29, 0.717) is 6.61 Å². The van der Waals surface area contributed by atoms with Crippen LogP contribution in [0.2, 0.25) is 0 Å². The van der Waals surface area contributed by atoms with Crippen molar-refractivity contribution in [2.75, 3.05) is 13.7 Å². The number of methoxy groups -OCH3 is 1. The highest BCUT2D eigenvalue weighted by Gasteiger charge is 2.59. The van der Waals surface area contributed by atoms with Gasteiger partial charge in [-0.15, -0.1) is 6.58 Å². The number of fused-ring (bicyclic) bond motifs is 1. The molecular weight excluding hydrogens is 314 g/mol. The molecule has 0 radical (unpaired) electrons. The van der Waals surface area contributed by atoms with E-state index in [4.69, 9.17) is 9.47 Å². The van der Waals surface area contributed by atoms with Gasteiger partial charge in [0, 0.05) is 12.5 Å². The maximum atomic E-state index is 13.5. The number of carbonyl (C=O) groups excluding carboxylic acids is 1. The van der Waals surface area contributed by atoms with E-state index in [1.807, 2.05) is 36.1 Å². The van der Waals surface area contributed by atoms with Crippen LogP contribution in [-0.4, -0.2) is 36.3 Å². The van der Waals surface area contributed by atoms with Crippen LogP contribution in [0.4, 0.5) is 0 Å². The molecule has 0 spiro atoms. The van der Waals surface area contributed by atoms with Gasteiger partial charge >= 0.3 is 0 Å². The van der Waals surface area contributed by atoms with Crippen molar-refractivity contribution in [3.8, 4) is 0 Å². The molecule has 4 atom stereocenters. The average Bonchev–Trinajstić information content (AvgIpc) is 2.92. The molecule has 0 N–H and O–H groups in total. The minimum Gasteiger partial charge on any atom is -0.382 e. The summed E-state index contributed by atoms with van der Waals surface area (Å²) in [5, 5.41) is 0. The number of nitrogens with zero attached hydrogens (tertiary/aromatic N) is 1. The molecule has 0 unspecified atom stereocenters. The summed E-state index contributed by atoms with van der Waals surface area (Å²) < 4.78 is 12.0. The van der Waals surface area contributed by atoms with Gasteiger partial charge in [-0.1, -0.05) is 43.3 Å². The third-order valence-electron chi connectivity index (χ3n) is 5.81. The molecule has 0 saturated carbocycles. The van der Waals surface area contributed by atoms with Gasteiger partial charge < -0.3 is 14.4 Å². The van der Waals surface area contributed by atoms with Crippen LogP contribution >= 0.6 is 0 Å². The predicted molar refractivity (Wildman–Crippen MR) is 98.0 cm³/mol. The summed E-state index contributed by atoms with van der Waals surface area (Å²) in [5.41, 5.74) is 0.184. The summed E-state index contributed by atoms with van der Waals surface area (Å²) in [6.07, 6.45) is 5.11. The quantitative estimate of drug-likeness (QED) is 0.731. The number of piperidine rings is 1. The van der Waals surface area contributed by atoms with Gasteiger partial charge in [-0.2, -0.15) is 0 Å².